The lowest BCUT2D eigenvalue weighted by Crippen LogP contribution is -2.35. The summed E-state index contributed by atoms with van der Waals surface area (Å²) in [6.45, 7) is 7.24. The van der Waals surface area contributed by atoms with Crippen LogP contribution in [-0.4, -0.2) is 15.5 Å². The van der Waals surface area contributed by atoms with Crippen molar-refractivity contribution in [3.8, 4) is 0 Å². The SMILES string of the molecule is CC(C)(C)NCc1ccc(Sc2nc(N)cc(=O)[nH]2)cc1. The van der Waals surface area contributed by atoms with E-state index in [0.29, 0.717) is 5.16 Å². The van der Waals surface area contributed by atoms with Crippen molar-refractivity contribution in [2.45, 2.75) is 42.9 Å². The molecule has 0 unspecified atom stereocenters. The zero-order valence-corrected chi connectivity index (χ0v) is 13.3. The normalized spacial score (nSPS) is 11.6. The number of aromatic nitrogens is 2. The fourth-order valence-electron chi connectivity index (χ4n) is 1.66. The van der Waals surface area contributed by atoms with E-state index in [1.807, 2.05) is 12.1 Å². The van der Waals surface area contributed by atoms with Gasteiger partial charge in [0.1, 0.15) is 5.82 Å². The first-order valence-corrected chi connectivity index (χ1v) is 7.52. The van der Waals surface area contributed by atoms with Crippen molar-refractivity contribution in [2.24, 2.45) is 0 Å². The van der Waals surface area contributed by atoms with Gasteiger partial charge >= 0.3 is 0 Å². The van der Waals surface area contributed by atoms with Gasteiger partial charge in [-0.2, -0.15) is 0 Å². The van der Waals surface area contributed by atoms with E-state index in [-0.39, 0.29) is 16.9 Å². The first-order chi connectivity index (χ1) is 9.82. The van der Waals surface area contributed by atoms with Gasteiger partial charge in [0.25, 0.3) is 5.56 Å². The van der Waals surface area contributed by atoms with Crippen molar-refractivity contribution >= 4 is 17.6 Å². The predicted octanol–water partition coefficient (Wildman–Crippen LogP) is 2.39. The summed E-state index contributed by atoms with van der Waals surface area (Å²) < 4.78 is 0. The highest BCUT2D eigenvalue weighted by Crippen LogP contribution is 2.24. The van der Waals surface area contributed by atoms with Crippen molar-refractivity contribution in [1.82, 2.24) is 15.3 Å². The predicted molar refractivity (Wildman–Crippen MR) is 86.4 cm³/mol. The molecule has 1 aromatic heterocycles. The number of hydrogen-bond donors (Lipinski definition) is 3. The smallest absolute Gasteiger partial charge is 0.253 e. The molecule has 6 heteroatoms. The Morgan fingerprint density at radius 1 is 1.29 bits per heavy atom. The topological polar surface area (TPSA) is 83.8 Å². The summed E-state index contributed by atoms with van der Waals surface area (Å²) >= 11 is 1.38. The molecule has 0 aliphatic carbocycles. The number of aromatic amines is 1. The molecule has 0 radical (unpaired) electrons. The molecule has 2 aromatic rings. The number of benzene rings is 1. The Hall–Kier alpha value is -1.79. The lowest BCUT2D eigenvalue weighted by molar-refractivity contribution is 0.424. The first kappa shape index (κ1) is 15.6. The Morgan fingerprint density at radius 3 is 2.52 bits per heavy atom. The maximum Gasteiger partial charge on any atom is 0.253 e. The van der Waals surface area contributed by atoms with E-state index in [0.717, 1.165) is 11.4 Å². The Balaban J connectivity index is 2.03. The molecule has 0 amide bonds. The van der Waals surface area contributed by atoms with Crippen LogP contribution in [0.3, 0.4) is 0 Å². The number of H-pyrrole nitrogens is 1. The highest BCUT2D eigenvalue weighted by Gasteiger charge is 2.08. The van der Waals surface area contributed by atoms with E-state index in [9.17, 15) is 4.79 Å². The maximum atomic E-state index is 11.3. The van der Waals surface area contributed by atoms with Crippen LogP contribution in [0.2, 0.25) is 0 Å². The van der Waals surface area contributed by atoms with Crippen LogP contribution in [0.5, 0.6) is 0 Å². The van der Waals surface area contributed by atoms with Crippen molar-refractivity contribution < 1.29 is 0 Å². The first-order valence-electron chi connectivity index (χ1n) is 6.70. The molecule has 0 atom stereocenters. The summed E-state index contributed by atoms with van der Waals surface area (Å²) in [6, 6.07) is 9.41. The fraction of sp³-hybridized carbons (Fsp3) is 0.333. The van der Waals surface area contributed by atoms with Gasteiger partial charge in [-0.1, -0.05) is 23.9 Å². The fourth-order valence-corrected chi connectivity index (χ4v) is 2.45. The van der Waals surface area contributed by atoms with Crippen molar-refractivity contribution in [3.05, 3.63) is 46.2 Å². The number of nitrogens with zero attached hydrogens (tertiary/aromatic N) is 1. The van der Waals surface area contributed by atoms with E-state index in [2.05, 4.69) is 48.2 Å². The second kappa shape index (κ2) is 6.32. The third-order valence-electron chi connectivity index (χ3n) is 2.70. The minimum Gasteiger partial charge on any atom is -0.383 e. The molecule has 0 bridgehead atoms. The third kappa shape index (κ3) is 5.24. The molecule has 2 rings (SSSR count). The summed E-state index contributed by atoms with van der Waals surface area (Å²) in [5.41, 5.74) is 6.63. The maximum absolute atomic E-state index is 11.3. The summed E-state index contributed by atoms with van der Waals surface area (Å²) in [5, 5.41) is 3.94. The Bertz CT molecular complexity index is 659. The van der Waals surface area contributed by atoms with Crippen molar-refractivity contribution in [3.63, 3.8) is 0 Å². The van der Waals surface area contributed by atoms with Crippen LogP contribution in [0.1, 0.15) is 26.3 Å². The summed E-state index contributed by atoms with van der Waals surface area (Å²) in [6.07, 6.45) is 0. The van der Waals surface area contributed by atoms with Crippen molar-refractivity contribution in [1.29, 1.82) is 0 Å². The van der Waals surface area contributed by atoms with E-state index >= 15 is 0 Å². The molecule has 0 saturated carbocycles. The van der Waals surface area contributed by atoms with E-state index < -0.39 is 0 Å². The number of nitrogens with one attached hydrogen (secondary N) is 2. The second-order valence-corrected chi connectivity index (χ2v) is 6.89. The molecule has 112 valence electrons. The minimum atomic E-state index is -0.240. The average Bonchev–Trinajstić information content (AvgIpc) is 2.36. The number of hydrogen-bond acceptors (Lipinski definition) is 5. The second-order valence-electron chi connectivity index (χ2n) is 5.82. The zero-order chi connectivity index (χ0) is 15.5. The van der Waals surface area contributed by atoms with Gasteiger partial charge < -0.3 is 16.0 Å². The van der Waals surface area contributed by atoms with Crippen LogP contribution in [0, 0.1) is 0 Å². The third-order valence-corrected chi connectivity index (χ3v) is 3.60. The molecular weight excluding hydrogens is 284 g/mol. The Morgan fingerprint density at radius 2 is 1.95 bits per heavy atom. The molecule has 1 aromatic carbocycles. The molecule has 0 fully saturated rings. The number of nitrogen functional groups attached to an aromatic ring is 1. The highest BCUT2D eigenvalue weighted by atomic mass is 32.2. The van der Waals surface area contributed by atoms with E-state index in [1.54, 1.807) is 0 Å². The zero-order valence-electron chi connectivity index (χ0n) is 12.4. The van der Waals surface area contributed by atoms with Crippen molar-refractivity contribution in [2.75, 3.05) is 5.73 Å². The number of rotatable bonds is 4. The molecule has 4 N–H and O–H groups in total. The Labute approximate surface area is 128 Å². The van der Waals surface area contributed by atoms with Gasteiger partial charge in [0.2, 0.25) is 0 Å². The van der Waals surface area contributed by atoms with E-state index in [4.69, 9.17) is 5.73 Å². The van der Waals surface area contributed by atoms with Crippen LogP contribution >= 0.6 is 11.8 Å². The Kier molecular flexibility index (Phi) is 4.69. The molecule has 21 heavy (non-hydrogen) atoms. The van der Waals surface area contributed by atoms with Crippen LogP contribution in [0.4, 0.5) is 5.82 Å². The summed E-state index contributed by atoms with van der Waals surface area (Å²) in [4.78, 5) is 19.1. The van der Waals surface area contributed by atoms with E-state index in [1.165, 1.54) is 23.4 Å². The molecule has 0 spiro atoms. The van der Waals surface area contributed by atoms with Gasteiger partial charge in [0.15, 0.2) is 5.16 Å². The largest absolute Gasteiger partial charge is 0.383 e. The van der Waals surface area contributed by atoms with Gasteiger partial charge in [0, 0.05) is 23.0 Å². The van der Waals surface area contributed by atoms with Gasteiger partial charge in [-0.25, -0.2) is 4.98 Å². The number of nitrogens with two attached hydrogens (primary N) is 1. The van der Waals surface area contributed by atoms with Gasteiger partial charge in [-0.15, -0.1) is 0 Å². The molecule has 5 nitrogen and oxygen atoms in total. The summed E-state index contributed by atoms with van der Waals surface area (Å²) in [5.74, 6) is 0.229. The van der Waals surface area contributed by atoms with Gasteiger partial charge in [-0.3, -0.25) is 4.79 Å². The van der Waals surface area contributed by atoms with Crippen LogP contribution < -0.4 is 16.6 Å². The van der Waals surface area contributed by atoms with Gasteiger partial charge in [-0.05, 0) is 38.5 Å². The lowest BCUT2D eigenvalue weighted by atomic mass is 10.1. The molecule has 0 aliphatic heterocycles. The molecule has 0 saturated heterocycles. The van der Waals surface area contributed by atoms with Crippen LogP contribution in [0.15, 0.2) is 45.2 Å². The number of anilines is 1. The standard InChI is InChI=1S/C15H20N4OS/c1-15(2,3)17-9-10-4-6-11(7-5-10)21-14-18-12(16)8-13(20)19-14/h4-8,17H,9H2,1-3H3,(H3,16,18,19,20). The van der Waals surface area contributed by atoms with Crippen LogP contribution in [0.25, 0.3) is 0 Å². The van der Waals surface area contributed by atoms with Crippen LogP contribution in [-0.2, 0) is 6.54 Å². The molecule has 1 heterocycles. The molecular formula is C15H20N4OS. The monoisotopic (exact) mass is 304 g/mol. The quantitative estimate of drug-likeness (QED) is 0.755. The summed E-state index contributed by atoms with van der Waals surface area (Å²) in [7, 11) is 0. The molecule has 0 aliphatic rings. The van der Waals surface area contributed by atoms with Gasteiger partial charge in [0.05, 0.1) is 0 Å². The minimum absolute atomic E-state index is 0.0956. The lowest BCUT2D eigenvalue weighted by Gasteiger charge is -2.20. The highest BCUT2D eigenvalue weighted by molar-refractivity contribution is 7.99. The average molecular weight is 304 g/mol.